The molecule has 0 amide bonds. The minimum absolute atomic E-state index is 0.00439. The molecule has 10 aromatic carbocycles. The summed E-state index contributed by atoms with van der Waals surface area (Å²) in [6.45, 7) is 9.66. The van der Waals surface area contributed by atoms with Crippen LogP contribution in [0.1, 0.15) is 85.0 Å². The maximum absolute atomic E-state index is 2.61. The molecule has 0 fully saturated rings. The van der Waals surface area contributed by atoms with Gasteiger partial charge < -0.3 is 9.80 Å². The molecule has 0 saturated carbocycles. The quantitative estimate of drug-likeness (QED) is 0.135. The summed E-state index contributed by atoms with van der Waals surface area (Å²) in [5, 5.41) is 4.99. The Hall–Kier alpha value is -7.68. The minimum Gasteiger partial charge on any atom is -0.310 e. The number of rotatable bonds is 10. The Balaban J connectivity index is 0.816. The fourth-order valence-electron chi connectivity index (χ4n) is 12.6. The second kappa shape index (κ2) is 15.2. The summed E-state index contributed by atoms with van der Waals surface area (Å²) in [5.41, 5.74) is 21.4. The van der Waals surface area contributed by atoms with Gasteiger partial charge in [0, 0.05) is 50.4 Å². The van der Waals surface area contributed by atoms with E-state index in [1.807, 2.05) is 0 Å². The van der Waals surface area contributed by atoms with Gasteiger partial charge in [0.2, 0.25) is 0 Å². The topological polar surface area (TPSA) is 6.48 Å². The van der Waals surface area contributed by atoms with Gasteiger partial charge in [-0.1, -0.05) is 167 Å². The summed E-state index contributed by atoms with van der Waals surface area (Å²) in [5.74, 6) is 0. The Kier molecular flexibility index (Phi) is 9.05. The molecule has 13 rings (SSSR count). The first kappa shape index (κ1) is 40.6. The number of benzene rings is 10. The summed E-state index contributed by atoms with van der Waals surface area (Å²) < 4.78 is 0. The third kappa shape index (κ3) is 5.96. The zero-order valence-corrected chi connectivity index (χ0v) is 39.3. The van der Waals surface area contributed by atoms with E-state index in [2.05, 4.69) is 256 Å². The summed E-state index contributed by atoms with van der Waals surface area (Å²) in [6.07, 6.45) is 3.16. The van der Waals surface area contributed by atoms with Crippen LogP contribution in [0.15, 0.2) is 218 Å². The molecule has 0 aliphatic heterocycles. The molecule has 2 heteroatoms. The van der Waals surface area contributed by atoms with Gasteiger partial charge in [0.1, 0.15) is 0 Å². The van der Waals surface area contributed by atoms with E-state index in [1.165, 1.54) is 82.9 Å². The van der Waals surface area contributed by atoms with Gasteiger partial charge in [-0.2, -0.15) is 0 Å². The monoisotopic (exact) mass is 874 g/mol. The van der Waals surface area contributed by atoms with E-state index >= 15 is 0 Å². The highest BCUT2D eigenvalue weighted by molar-refractivity contribution is 5.92. The summed E-state index contributed by atoms with van der Waals surface area (Å²) in [6, 6.07) is 81.6. The van der Waals surface area contributed by atoms with Crippen molar-refractivity contribution < 1.29 is 0 Å². The van der Waals surface area contributed by atoms with Crippen molar-refractivity contribution in [2.24, 2.45) is 0 Å². The Bertz CT molecular complexity index is 3590. The number of anilines is 6. The van der Waals surface area contributed by atoms with Gasteiger partial charge in [0.15, 0.2) is 0 Å². The summed E-state index contributed by atoms with van der Waals surface area (Å²) >= 11 is 0. The third-order valence-electron chi connectivity index (χ3n) is 16.3. The number of nitrogens with zero attached hydrogens (tertiary/aromatic N) is 2. The maximum atomic E-state index is 2.61. The van der Waals surface area contributed by atoms with E-state index in [0.717, 1.165) is 47.7 Å². The largest absolute Gasteiger partial charge is 0.310 e. The lowest BCUT2D eigenvalue weighted by Gasteiger charge is -2.45. The predicted molar refractivity (Wildman–Crippen MR) is 286 cm³/mol. The fourth-order valence-corrected chi connectivity index (χ4v) is 12.6. The van der Waals surface area contributed by atoms with Crippen LogP contribution in [-0.4, -0.2) is 0 Å². The lowest BCUT2D eigenvalue weighted by atomic mass is 9.58. The van der Waals surface area contributed by atoms with Gasteiger partial charge in [0.25, 0.3) is 0 Å². The molecule has 3 aliphatic carbocycles. The standard InChI is InChI=1S/C66H54N2/c1-5-65(49-27-33-53(34-28-49)67(51-21-9-7-10-22-51)55-31-25-44-17-13-15-19-46(44)37-55)43-48-39-57-58-40-62-63(42-61(58)64(3,4)60(57)41-59(48)65)66(62,6-2)50-29-35-54(36-30-50)68(52-23-11-8-12-24-52)56-32-26-45-18-14-16-20-47(45)38-56/h7-42H,5-6,43H2,1-4H3. The van der Waals surface area contributed by atoms with Crippen LogP contribution in [0.3, 0.4) is 0 Å². The average Bonchev–Trinajstić information content (AvgIpc) is 3.98. The summed E-state index contributed by atoms with van der Waals surface area (Å²) in [7, 11) is 0. The molecule has 2 nitrogen and oxygen atoms in total. The predicted octanol–water partition coefficient (Wildman–Crippen LogP) is 17.5. The van der Waals surface area contributed by atoms with Crippen molar-refractivity contribution in [1.82, 2.24) is 0 Å². The molecule has 2 atom stereocenters. The molecule has 0 spiro atoms. The number of para-hydroxylation sites is 2. The van der Waals surface area contributed by atoms with Crippen LogP contribution in [-0.2, 0) is 22.7 Å². The van der Waals surface area contributed by atoms with Gasteiger partial charge in [-0.15, -0.1) is 0 Å². The van der Waals surface area contributed by atoms with E-state index < -0.39 is 0 Å². The van der Waals surface area contributed by atoms with E-state index in [0.29, 0.717) is 0 Å². The highest BCUT2D eigenvalue weighted by Gasteiger charge is 2.53. The van der Waals surface area contributed by atoms with Crippen molar-refractivity contribution in [3.05, 3.63) is 263 Å². The number of hydrogen-bond acceptors (Lipinski definition) is 2. The van der Waals surface area contributed by atoms with E-state index in [-0.39, 0.29) is 16.2 Å². The van der Waals surface area contributed by atoms with Gasteiger partial charge in [-0.3, -0.25) is 0 Å². The number of hydrogen-bond donors (Lipinski definition) is 0. The van der Waals surface area contributed by atoms with Crippen LogP contribution in [0.25, 0.3) is 32.7 Å². The lowest BCUT2D eigenvalue weighted by molar-refractivity contribution is 0.431. The molecule has 328 valence electrons. The first-order valence-corrected chi connectivity index (χ1v) is 24.6. The molecule has 0 saturated heterocycles. The van der Waals surface area contributed by atoms with Gasteiger partial charge >= 0.3 is 0 Å². The minimum atomic E-state index is -0.105. The highest BCUT2D eigenvalue weighted by Crippen LogP contribution is 2.63. The molecule has 10 aromatic rings. The zero-order valence-electron chi connectivity index (χ0n) is 39.3. The molecule has 68 heavy (non-hydrogen) atoms. The van der Waals surface area contributed by atoms with Crippen LogP contribution < -0.4 is 9.80 Å². The average molecular weight is 875 g/mol. The second-order valence-corrected chi connectivity index (χ2v) is 20.0. The fraction of sp³-hybridized carbons (Fsp3) is 0.152. The Morgan fingerprint density at radius 2 is 0.779 bits per heavy atom. The van der Waals surface area contributed by atoms with Crippen molar-refractivity contribution in [2.45, 2.75) is 63.2 Å². The SMILES string of the molecule is CCC1(c2ccc(N(c3ccccc3)c3ccc4ccccc4c3)cc2)Cc2cc3c(cc21)C(C)(C)c1cc2c(cc1-3)C2(CC)c1ccc(N(c2ccccc2)c2ccc3ccccc3c2)cc1. The highest BCUT2D eigenvalue weighted by atomic mass is 15.1. The van der Waals surface area contributed by atoms with Gasteiger partial charge in [-0.25, -0.2) is 0 Å². The molecule has 0 N–H and O–H groups in total. The van der Waals surface area contributed by atoms with E-state index in [4.69, 9.17) is 0 Å². The van der Waals surface area contributed by atoms with E-state index in [1.54, 1.807) is 0 Å². The van der Waals surface area contributed by atoms with Crippen LogP contribution in [0.2, 0.25) is 0 Å². The normalized spacial score (nSPS) is 18.0. The third-order valence-corrected chi connectivity index (χ3v) is 16.3. The molecule has 0 aromatic heterocycles. The van der Waals surface area contributed by atoms with Crippen molar-refractivity contribution in [2.75, 3.05) is 9.80 Å². The molecule has 0 radical (unpaired) electrons. The van der Waals surface area contributed by atoms with Crippen LogP contribution in [0.5, 0.6) is 0 Å². The van der Waals surface area contributed by atoms with E-state index in [9.17, 15) is 0 Å². The van der Waals surface area contributed by atoms with Crippen LogP contribution >= 0.6 is 0 Å². The Labute approximate surface area is 400 Å². The first-order chi connectivity index (χ1) is 33.3. The molecule has 3 aliphatic rings. The van der Waals surface area contributed by atoms with Crippen molar-refractivity contribution in [3.63, 3.8) is 0 Å². The second-order valence-electron chi connectivity index (χ2n) is 20.0. The van der Waals surface area contributed by atoms with Gasteiger partial charge in [-0.05, 0) is 175 Å². The van der Waals surface area contributed by atoms with Crippen LogP contribution in [0, 0.1) is 0 Å². The smallest absolute Gasteiger partial charge is 0.0468 e. The Morgan fingerprint density at radius 3 is 1.29 bits per heavy atom. The van der Waals surface area contributed by atoms with Crippen molar-refractivity contribution in [1.29, 1.82) is 0 Å². The first-order valence-electron chi connectivity index (χ1n) is 24.6. The Morgan fingerprint density at radius 1 is 0.353 bits per heavy atom. The zero-order chi connectivity index (χ0) is 45.8. The molecule has 0 heterocycles. The molecular weight excluding hydrogens is 821 g/mol. The molecular formula is C66H54N2. The lowest BCUT2D eigenvalue weighted by Crippen LogP contribution is -2.40. The van der Waals surface area contributed by atoms with Crippen LogP contribution in [0.4, 0.5) is 34.1 Å². The maximum Gasteiger partial charge on any atom is 0.0468 e. The molecule has 2 unspecified atom stereocenters. The molecule has 0 bridgehead atoms. The van der Waals surface area contributed by atoms with Gasteiger partial charge in [0.05, 0.1) is 0 Å². The van der Waals surface area contributed by atoms with Crippen molar-refractivity contribution >= 4 is 55.7 Å². The summed E-state index contributed by atoms with van der Waals surface area (Å²) in [4.78, 5) is 4.77. The number of fused-ring (bicyclic) bond motifs is 7. The van der Waals surface area contributed by atoms with Crippen molar-refractivity contribution in [3.8, 4) is 11.1 Å².